The van der Waals surface area contributed by atoms with Gasteiger partial charge in [-0.25, -0.2) is 9.78 Å². The summed E-state index contributed by atoms with van der Waals surface area (Å²) in [5.74, 6) is 0.288. The fourth-order valence-corrected chi connectivity index (χ4v) is 3.59. The van der Waals surface area contributed by atoms with E-state index in [4.69, 9.17) is 0 Å². The lowest BCUT2D eigenvalue weighted by Gasteiger charge is -2.23. The SMILES string of the molecule is CC(c1c[nH]cn1)n1c(=O)nc(N2CC[C@H](O)C2)c2ccc(C(F)(F)F)cc21. The van der Waals surface area contributed by atoms with Gasteiger partial charge in [-0.1, -0.05) is 0 Å². The number of aliphatic hydroxyl groups is 1. The number of β-amino-alcohol motifs (C(OH)–C–C–N with tert-alkyl or cyclic N) is 1. The van der Waals surface area contributed by atoms with Crippen molar-refractivity contribution in [2.45, 2.75) is 31.7 Å². The number of halogens is 3. The van der Waals surface area contributed by atoms with Crippen LogP contribution in [0.1, 0.15) is 30.6 Å². The van der Waals surface area contributed by atoms with Gasteiger partial charge in [0.25, 0.3) is 0 Å². The van der Waals surface area contributed by atoms with E-state index in [1.54, 1.807) is 18.0 Å². The second kappa shape index (κ2) is 6.62. The number of alkyl halides is 3. The van der Waals surface area contributed by atoms with E-state index in [-0.39, 0.29) is 17.9 Å². The molecule has 0 saturated carbocycles. The maximum Gasteiger partial charge on any atom is 0.416 e. The van der Waals surface area contributed by atoms with Crippen molar-refractivity contribution >= 4 is 16.7 Å². The largest absolute Gasteiger partial charge is 0.416 e. The van der Waals surface area contributed by atoms with Gasteiger partial charge in [0.2, 0.25) is 0 Å². The van der Waals surface area contributed by atoms with Crippen LogP contribution in [-0.4, -0.2) is 43.8 Å². The number of H-pyrrole nitrogens is 1. The molecule has 0 aliphatic carbocycles. The molecule has 0 amide bonds. The van der Waals surface area contributed by atoms with Crippen LogP contribution in [0.5, 0.6) is 0 Å². The molecule has 1 saturated heterocycles. The van der Waals surface area contributed by atoms with Gasteiger partial charge in [-0.05, 0) is 31.5 Å². The number of hydrogen-bond donors (Lipinski definition) is 2. The van der Waals surface area contributed by atoms with Crippen LogP contribution in [-0.2, 0) is 6.18 Å². The molecular weight excluding hydrogens is 375 g/mol. The van der Waals surface area contributed by atoms with Crippen LogP contribution < -0.4 is 10.6 Å². The summed E-state index contributed by atoms with van der Waals surface area (Å²) in [5.41, 5.74) is -0.881. The summed E-state index contributed by atoms with van der Waals surface area (Å²) in [5, 5.41) is 10.2. The number of hydrogen-bond acceptors (Lipinski definition) is 5. The molecule has 0 bridgehead atoms. The molecule has 3 heterocycles. The second-order valence-corrected chi connectivity index (χ2v) is 6.88. The molecule has 1 aliphatic rings. The normalized spacial score (nSPS) is 18.8. The van der Waals surface area contributed by atoms with Crippen LogP contribution in [0.4, 0.5) is 19.0 Å². The van der Waals surface area contributed by atoms with Crippen molar-refractivity contribution < 1.29 is 18.3 Å². The Labute approximate surface area is 157 Å². The van der Waals surface area contributed by atoms with Gasteiger partial charge in [-0.2, -0.15) is 18.2 Å². The third-order valence-electron chi connectivity index (χ3n) is 5.03. The van der Waals surface area contributed by atoms with Crippen LogP contribution in [0.3, 0.4) is 0 Å². The Balaban J connectivity index is 1.97. The van der Waals surface area contributed by atoms with Crippen molar-refractivity contribution in [1.82, 2.24) is 19.5 Å². The van der Waals surface area contributed by atoms with E-state index < -0.39 is 29.6 Å². The van der Waals surface area contributed by atoms with Crippen molar-refractivity contribution in [3.8, 4) is 0 Å². The first kappa shape index (κ1) is 18.5. The van der Waals surface area contributed by atoms with Crippen molar-refractivity contribution in [3.05, 3.63) is 52.5 Å². The molecule has 148 valence electrons. The molecule has 2 aromatic heterocycles. The average molecular weight is 393 g/mol. The summed E-state index contributed by atoms with van der Waals surface area (Å²) < 4.78 is 41.2. The van der Waals surface area contributed by atoms with E-state index in [0.717, 1.165) is 12.1 Å². The molecule has 28 heavy (non-hydrogen) atoms. The molecule has 1 fully saturated rings. The Kier molecular flexibility index (Phi) is 4.37. The highest BCUT2D eigenvalue weighted by Gasteiger charge is 2.32. The second-order valence-electron chi connectivity index (χ2n) is 6.88. The Morgan fingerprint density at radius 2 is 2.14 bits per heavy atom. The minimum atomic E-state index is -4.54. The Morgan fingerprint density at radius 3 is 2.75 bits per heavy atom. The van der Waals surface area contributed by atoms with E-state index >= 15 is 0 Å². The lowest BCUT2D eigenvalue weighted by Crippen LogP contribution is -2.31. The number of nitrogens with one attached hydrogen (secondary N) is 1. The first-order chi connectivity index (χ1) is 13.3. The lowest BCUT2D eigenvalue weighted by atomic mass is 10.1. The molecule has 4 rings (SSSR count). The van der Waals surface area contributed by atoms with Gasteiger partial charge in [0.05, 0.1) is 35.2 Å². The third-order valence-corrected chi connectivity index (χ3v) is 5.03. The predicted molar refractivity (Wildman–Crippen MR) is 96.2 cm³/mol. The Hall–Kier alpha value is -2.88. The number of aromatic amines is 1. The predicted octanol–water partition coefficient (Wildman–Crippen LogP) is 2.32. The smallest absolute Gasteiger partial charge is 0.391 e. The molecule has 3 aromatic rings. The number of nitrogens with zero attached hydrogens (tertiary/aromatic N) is 4. The van der Waals surface area contributed by atoms with E-state index in [1.807, 2.05) is 0 Å². The molecule has 1 aliphatic heterocycles. The number of benzene rings is 1. The number of fused-ring (bicyclic) bond motifs is 1. The maximum atomic E-state index is 13.3. The van der Waals surface area contributed by atoms with E-state index in [9.17, 15) is 23.1 Å². The van der Waals surface area contributed by atoms with E-state index in [0.29, 0.717) is 24.0 Å². The summed E-state index contributed by atoms with van der Waals surface area (Å²) >= 11 is 0. The van der Waals surface area contributed by atoms with E-state index in [1.165, 1.54) is 17.0 Å². The monoisotopic (exact) mass is 393 g/mol. The fourth-order valence-electron chi connectivity index (χ4n) is 3.59. The molecule has 0 radical (unpaired) electrons. The standard InChI is InChI=1S/C18H18F3N5O2/c1-10(14-7-22-9-23-14)26-15-6-11(18(19,20)21)2-3-13(15)16(24-17(26)28)25-5-4-12(27)8-25/h2-3,6-7,9-10,12,27H,4-5,8H2,1H3,(H,22,23)/t10?,12-/m0/s1. The maximum absolute atomic E-state index is 13.3. The molecule has 7 nitrogen and oxygen atoms in total. The molecule has 2 atom stereocenters. The zero-order chi connectivity index (χ0) is 20.1. The van der Waals surface area contributed by atoms with Gasteiger partial charge in [0.15, 0.2) is 0 Å². The Morgan fingerprint density at radius 1 is 1.36 bits per heavy atom. The van der Waals surface area contributed by atoms with Gasteiger partial charge in [0.1, 0.15) is 5.82 Å². The fraction of sp³-hybridized carbons (Fsp3) is 0.389. The molecular formula is C18H18F3N5O2. The van der Waals surface area contributed by atoms with Crippen molar-refractivity contribution in [3.63, 3.8) is 0 Å². The highest BCUT2D eigenvalue weighted by atomic mass is 19.4. The summed E-state index contributed by atoms with van der Waals surface area (Å²) in [6.45, 7) is 2.43. The van der Waals surface area contributed by atoms with Gasteiger partial charge in [0, 0.05) is 24.7 Å². The van der Waals surface area contributed by atoms with Gasteiger partial charge in [-0.3, -0.25) is 4.57 Å². The van der Waals surface area contributed by atoms with Crippen LogP contribution >= 0.6 is 0 Å². The first-order valence-electron chi connectivity index (χ1n) is 8.81. The number of imidazole rings is 1. The zero-order valence-electron chi connectivity index (χ0n) is 14.9. The molecule has 0 spiro atoms. The molecule has 1 aromatic carbocycles. The summed E-state index contributed by atoms with van der Waals surface area (Å²) in [6, 6.07) is 2.67. The molecule has 10 heteroatoms. The number of aliphatic hydroxyl groups excluding tert-OH is 1. The quantitative estimate of drug-likeness (QED) is 0.713. The highest BCUT2D eigenvalue weighted by Crippen LogP contribution is 2.35. The number of rotatable bonds is 3. The van der Waals surface area contributed by atoms with Gasteiger partial charge < -0.3 is 15.0 Å². The molecule has 1 unspecified atom stereocenters. The summed E-state index contributed by atoms with van der Waals surface area (Å²) in [4.78, 5) is 25.6. The van der Waals surface area contributed by atoms with Crippen LogP contribution in [0.15, 0.2) is 35.5 Å². The lowest BCUT2D eigenvalue weighted by molar-refractivity contribution is -0.137. The summed E-state index contributed by atoms with van der Waals surface area (Å²) in [7, 11) is 0. The summed E-state index contributed by atoms with van der Waals surface area (Å²) in [6.07, 6.45) is -1.57. The van der Waals surface area contributed by atoms with Crippen molar-refractivity contribution in [1.29, 1.82) is 0 Å². The topological polar surface area (TPSA) is 87.0 Å². The highest BCUT2D eigenvalue weighted by molar-refractivity contribution is 5.90. The first-order valence-corrected chi connectivity index (χ1v) is 8.81. The van der Waals surface area contributed by atoms with Crippen LogP contribution in [0.2, 0.25) is 0 Å². The average Bonchev–Trinajstić information content (AvgIpc) is 3.31. The van der Waals surface area contributed by atoms with Crippen LogP contribution in [0, 0.1) is 0 Å². The van der Waals surface area contributed by atoms with Gasteiger partial charge in [-0.15, -0.1) is 0 Å². The van der Waals surface area contributed by atoms with E-state index in [2.05, 4.69) is 15.0 Å². The van der Waals surface area contributed by atoms with Gasteiger partial charge >= 0.3 is 11.9 Å². The molecule has 2 N–H and O–H groups in total. The minimum absolute atomic E-state index is 0.127. The Bertz CT molecular complexity index is 1060. The van der Waals surface area contributed by atoms with Crippen molar-refractivity contribution in [2.24, 2.45) is 0 Å². The van der Waals surface area contributed by atoms with Crippen molar-refractivity contribution in [2.75, 3.05) is 18.0 Å². The zero-order valence-corrected chi connectivity index (χ0v) is 14.9. The van der Waals surface area contributed by atoms with Crippen LogP contribution in [0.25, 0.3) is 10.9 Å². The third kappa shape index (κ3) is 3.13. The number of aromatic nitrogens is 4. The number of anilines is 1. The minimum Gasteiger partial charge on any atom is -0.391 e.